The van der Waals surface area contributed by atoms with E-state index >= 15 is 0 Å². The van der Waals surface area contributed by atoms with Crippen LogP contribution in [0.3, 0.4) is 0 Å². The van der Waals surface area contributed by atoms with Crippen LogP contribution in [0.2, 0.25) is 5.02 Å². The summed E-state index contributed by atoms with van der Waals surface area (Å²) in [6, 6.07) is 29.9. The van der Waals surface area contributed by atoms with E-state index in [1.165, 1.54) is 0 Å². The number of hydrogen-bond donors (Lipinski definition) is 1. The Morgan fingerprint density at radius 3 is 1.28 bits per heavy atom. The predicted octanol–water partition coefficient (Wildman–Crippen LogP) is 8.66. The van der Waals surface area contributed by atoms with Crippen LogP contribution in [0.15, 0.2) is 107 Å². The Hall–Kier alpha value is -6.66. The minimum absolute atomic E-state index is 0.388. The highest BCUT2D eigenvalue weighted by atomic mass is 35.5. The van der Waals surface area contributed by atoms with Crippen LogP contribution >= 0.6 is 11.6 Å². The first-order chi connectivity index (χ1) is 27.7. The van der Waals surface area contributed by atoms with Crippen LogP contribution in [0, 0.1) is 0 Å². The number of aliphatic imine (C=N–C) groups is 2. The molecule has 1 aliphatic heterocycles. The van der Waals surface area contributed by atoms with Gasteiger partial charge in [0, 0.05) is 32.8 Å². The highest BCUT2D eigenvalue weighted by Crippen LogP contribution is 2.47. The van der Waals surface area contributed by atoms with E-state index in [1.807, 2.05) is 97.1 Å². The van der Waals surface area contributed by atoms with Gasteiger partial charge < -0.3 is 42.9 Å². The fraction of sp³-hybridized carbons (Fsp3) is 0.205. The molecular weight excluding hydrogens is 748 g/mol. The number of ether oxygens (including phenoxy) is 8. The van der Waals surface area contributed by atoms with E-state index in [0.29, 0.717) is 96.3 Å². The summed E-state index contributed by atoms with van der Waals surface area (Å²) in [6.07, 6.45) is 0. The fourth-order valence-electron chi connectivity index (χ4n) is 6.85. The third-order valence-electron chi connectivity index (χ3n) is 9.70. The zero-order valence-corrected chi connectivity index (χ0v) is 33.5. The van der Waals surface area contributed by atoms with E-state index in [-0.39, 0.29) is 0 Å². The number of halogens is 1. The molecule has 13 heteroatoms. The molecule has 0 unspecified atom stereocenters. The molecule has 0 atom stereocenters. The first kappa shape index (κ1) is 38.6. The molecule has 1 N–H and O–H groups in total. The fourth-order valence-corrected chi connectivity index (χ4v) is 7.12. The molecule has 1 aromatic heterocycles. The molecule has 292 valence electrons. The van der Waals surface area contributed by atoms with Gasteiger partial charge in [-0.05, 0) is 78.9 Å². The Kier molecular flexibility index (Phi) is 11.0. The average Bonchev–Trinajstić information content (AvgIpc) is 3.90. The van der Waals surface area contributed by atoms with Crippen LogP contribution in [0.4, 0.5) is 0 Å². The van der Waals surface area contributed by atoms with Crippen molar-refractivity contribution < 1.29 is 37.9 Å². The lowest BCUT2D eigenvalue weighted by molar-refractivity contribution is 0.355. The summed E-state index contributed by atoms with van der Waals surface area (Å²) in [7, 11) is 12.7. The Morgan fingerprint density at radius 2 is 0.842 bits per heavy atom. The van der Waals surface area contributed by atoms with E-state index in [4.69, 9.17) is 64.5 Å². The molecule has 0 saturated heterocycles. The lowest BCUT2D eigenvalue weighted by atomic mass is 9.99. The summed E-state index contributed by atoms with van der Waals surface area (Å²) in [4.78, 5) is 20.0. The van der Waals surface area contributed by atoms with E-state index in [0.717, 1.165) is 11.1 Å². The van der Waals surface area contributed by atoms with Crippen LogP contribution in [-0.4, -0.2) is 78.3 Å². The van der Waals surface area contributed by atoms with Crippen LogP contribution in [0.5, 0.6) is 46.0 Å². The van der Waals surface area contributed by atoms with Crippen molar-refractivity contribution in [2.24, 2.45) is 9.98 Å². The summed E-state index contributed by atoms with van der Waals surface area (Å²) in [5.41, 5.74) is 4.29. The number of methoxy groups -OCH3 is 8. The number of nitrogens with one attached hydrogen (secondary N) is 1. The predicted molar refractivity (Wildman–Crippen MR) is 220 cm³/mol. The molecule has 5 aromatic carbocycles. The maximum Gasteiger partial charge on any atom is 0.236 e. The third kappa shape index (κ3) is 6.93. The quantitative estimate of drug-likeness (QED) is 0.115. The molecule has 0 radical (unpaired) electrons. The zero-order valence-electron chi connectivity index (χ0n) is 32.7. The standard InChI is InChI=1S/C44H41ClN4O8/c1-50-31-17-13-25(21-35(31)54-5)39-40(26-14-18-32(51-2)36(22-26)55-6)47-43(46-39)44(29-11-9-10-12-30(29)45)48-41(27-15-19-33(52-3)37(23-27)56-7)42(49-44)28-16-20-34(53-4)38(24-28)57-8/h9-24H,1-8H3,(H,46,47). The first-order valence-electron chi connectivity index (χ1n) is 17.7. The van der Waals surface area contributed by atoms with Gasteiger partial charge in [0.25, 0.3) is 0 Å². The van der Waals surface area contributed by atoms with E-state index in [1.54, 1.807) is 56.9 Å². The molecule has 0 aliphatic carbocycles. The number of imidazole rings is 1. The molecule has 0 spiro atoms. The van der Waals surface area contributed by atoms with Crippen molar-refractivity contribution in [3.8, 4) is 68.5 Å². The lowest BCUT2D eigenvalue weighted by Crippen LogP contribution is -2.23. The second-order valence-electron chi connectivity index (χ2n) is 12.7. The molecule has 6 aromatic rings. The number of aromatic nitrogens is 2. The first-order valence-corrected chi connectivity index (χ1v) is 18.1. The molecule has 1 aliphatic rings. The monoisotopic (exact) mass is 788 g/mol. The Morgan fingerprint density at radius 1 is 0.456 bits per heavy atom. The van der Waals surface area contributed by atoms with E-state index in [9.17, 15) is 0 Å². The van der Waals surface area contributed by atoms with Gasteiger partial charge in [-0.15, -0.1) is 0 Å². The summed E-state index contributed by atoms with van der Waals surface area (Å²) < 4.78 is 45.2. The van der Waals surface area contributed by atoms with E-state index in [2.05, 4.69) is 4.98 Å². The number of hydrogen-bond acceptors (Lipinski definition) is 11. The largest absolute Gasteiger partial charge is 0.493 e. The normalized spacial score (nSPS) is 13.0. The van der Waals surface area contributed by atoms with Crippen LogP contribution in [0.25, 0.3) is 22.5 Å². The number of H-pyrrole nitrogens is 1. The molecule has 0 fully saturated rings. The lowest BCUT2D eigenvalue weighted by Gasteiger charge is -2.23. The maximum atomic E-state index is 7.12. The molecule has 2 heterocycles. The summed E-state index contributed by atoms with van der Waals surface area (Å²) >= 11 is 7.12. The van der Waals surface area contributed by atoms with Crippen molar-refractivity contribution in [1.82, 2.24) is 9.97 Å². The van der Waals surface area contributed by atoms with Crippen LogP contribution in [0.1, 0.15) is 22.5 Å². The SMILES string of the molecule is COc1ccc(C2=NC(c3nc(-c4ccc(OC)c(OC)c4)c(-c4ccc(OC)c(OC)c4)[nH]3)(c3ccccc3Cl)N=C2c2ccc(OC)c(OC)c2)cc1OC. The van der Waals surface area contributed by atoms with Crippen molar-refractivity contribution in [2.45, 2.75) is 5.66 Å². The van der Waals surface area contributed by atoms with Crippen molar-refractivity contribution >= 4 is 23.0 Å². The summed E-state index contributed by atoms with van der Waals surface area (Å²) in [5, 5.41) is 0.432. The molecule has 0 saturated carbocycles. The second kappa shape index (κ2) is 16.2. The smallest absolute Gasteiger partial charge is 0.236 e. The zero-order chi connectivity index (χ0) is 40.3. The van der Waals surface area contributed by atoms with Crippen LogP contribution in [-0.2, 0) is 5.66 Å². The summed E-state index contributed by atoms with van der Waals surface area (Å²) in [5.74, 6) is 4.76. The van der Waals surface area contributed by atoms with Gasteiger partial charge in [0.15, 0.2) is 51.8 Å². The molecular formula is C44H41ClN4O8. The van der Waals surface area contributed by atoms with Gasteiger partial charge in [0.2, 0.25) is 5.66 Å². The molecule has 0 amide bonds. The highest BCUT2D eigenvalue weighted by Gasteiger charge is 2.45. The second-order valence-corrected chi connectivity index (χ2v) is 13.1. The Labute approximate surface area is 335 Å². The topological polar surface area (TPSA) is 127 Å². The Balaban J connectivity index is 1.57. The molecule has 7 rings (SSSR count). The average molecular weight is 789 g/mol. The number of benzene rings is 5. The van der Waals surface area contributed by atoms with Gasteiger partial charge in [-0.3, -0.25) is 0 Å². The van der Waals surface area contributed by atoms with Gasteiger partial charge in [-0.1, -0.05) is 29.8 Å². The molecule has 0 bridgehead atoms. The summed E-state index contributed by atoms with van der Waals surface area (Å²) in [6.45, 7) is 0. The minimum Gasteiger partial charge on any atom is -0.493 e. The van der Waals surface area contributed by atoms with Gasteiger partial charge >= 0.3 is 0 Å². The van der Waals surface area contributed by atoms with Crippen molar-refractivity contribution in [2.75, 3.05) is 56.9 Å². The van der Waals surface area contributed by atoms with E-state index < -0.39 is 5.66 Å². The maximum absolute atomic E-state index is 7.12. The van der Waals surface area contributed by atoms with Crippen molar-refractivity contribution in [3.05, 3.63) is 125 Å². The van der Waals surface area contributed by atoms with Crippen LogP contribution < -0.4 is 37.9 Å². The number of rotatable bonds is 14. The van der Waals surface area contributed by atoms with Gasteiger partial charge in [0.05, 0.1) is 79.7 Å². The molecule has 12 nitrogen and oxygen atoms in total. The minimum atomic E-state index is -1.54. The van der Waals surface area contributed by atoms with Crippen molar-refractivity contribution in [1.29, 1.82) is 0 Å². The van der Waals surface area contributed by atoms with Gasteiger partial charge in [-0.25, -0.2) is 15.0 Å². The molecule has 57 heavy (non-hydrogen) atoms. The Bertz CT molecular complexity index is 2370. The van der Waals surface area contributed by atoms with Crippen molar-refractivity contribution in [3.63, 3.8) is 0 Å². The third-order valence-corrected chi connectivity index (χ3v) is 10.0. The van der Waals surface area contributed by atoms with Gasteiger partial charge in [-0.2, -0.15) is 0 Å². The van der Waals surface area contributed by atoms with Gasteiger partial charge in [0.1, 0.15) is 0 Å². The number of aromatic amines is 1. The number of nitrogens with zero attached hydrogens (tertiary/aromatic N) is 3. The highest BCUT2D eigenvalue weighted by molar-refractivity contribution is 6.54.